The first-order valence-corrected chi connectivity index (χ1v) is 8.62. The van der Waals surface area contributed by atoms with Crippen molar-refractivity contribution in [3.63, 3.8) is 0 Å². The number of carbonyl (C=O) groups is 2. The Kier molecular flexibility index (Phi) is 4.70. The van der Waals surface area contributed by atoms with Crippen molar-refractivity contribution in [1.82, 2.24) is 4.90 Å². The molecular weight excluding hydrogens is 348 g/mol. The number of hydrogen-bond donors (Lipinski definition) is 1. The molecule has 0 spiro atoms. The third-order valence-electron chi connectivity index (χ3n) is 4.89. The van der Waals surface area contributed by atoms with Crippen LogP contribution >= 0.6 is 0 Å². The second-order valence-corrected chi connectivity index (χ2v) is 7.09. The normalized spacial score (nSPS) is 14.4. The molecule has 27 heavy (non-hydrogen) atoms. The first-order chi connectivity index (χ1) is 12.7. The molecule has 140 valence electrons. The summed E-state index contributed by atoms with van der Waals surface area (Å²) < 4.78 is 0. The minimum absolute atomic E-state index is 0.0147. The standard InChI is InChI=1S/C20H20N2O5/c1-11(2)18(20(24)25)21-10-14-5-4-13(9-17(14)19(21)23)16-7-6-15(22(26)27)8-12(16)3/h4-9,11,18H,10H2,1-3H3,(H,24,25). The number of carboxylic acids is 1. The average Bonchev–Trinajstić information content (AvgIpc) is 2.90. The molecule has 7 nitrogen and oxygen atoms in total. The number of nitro groups is 1. The van der Waals surface area contributed by atoms with Crippen LogP contribution in [0.2, 0.25) is 0 Å². The number of hydrogen-bond acceptors (Lipinski definition) is 4. The van der Waals surface area contributed by atoms with Crippen LogP contribution in [0.4, 0.5) is 5.69 Å². The van der Waals surface area contributed by atoms with E-state index in [0.717, 1.165) is 22.3 Å². The number of carbonyl (C=O) groups excluding carboxylic acids is 1. The molecule has 1 aliphatic heterocycles. The van der Waals surface area contributed by atoms with Crippen LogP contribution in [0, 0.1) is 23.0 Å². The Hall–Kier alpha value is -3.22. The van der Waals surface area contributed by atoms with Crippen LogP contribution in [-0.4, -0.2) is 32.8 Å². The largest absolute Gasteiger partial charge is 0.480 e. The van der Waals surface area contributed by atoms with Crippen LogP contribution in [-0.2, 0) is 11.3 Å². The summed E-state index contributed by atoms with van der Waals surface area (Å²) >= 11 is 0. The Morgan fingerprint density at radius 2 is 1.89 bits per heavy atom. The maximum atomic E-state index is 12.8. The lowest BCUT2D eigenvalue weighted by atomic mass is 9.97. The number of aryl methyl sites for hydroxylation is 1. The van der Waals surface area contributed by atoms with Gasteiger partial charge < -0.3 is 10.0 Å². The number of nitro benzene ring substituents is 1. The lowest BCUT2D eigenvalue weighted by molar-refractivity contribution is -0.384. The van der Waals surface area contributed by atoms with E-state index in [4.69, 9.17) is 0 Å². The first-order valence-electron chi connectivity index (χ1n) is 8.62. The summed E-state index contributed by atoms with van der Waals surface area (Å²) in [5.41, 5.74) is 3.59. The molecule has 7 heteroatoms. The molecule has 2 aromatic rings. The summed E-state index contributed by atoms with van der Waals surface area (Å²) in [6, 6.07) is 9.14. The van der Waals surface area contributed by atoms with Gasteiger partial charge in [0.15, 0.2) is 0 Å². The molecule has 1 heterocycles. The van der Waals surface area contributed by atoms with Gasteiger partial charge in [0.1, 0.15) is 6.04 Å². The predicted molar refractivity (Wildman–Crippen MR) is 99.4 cm³/mol. The van der Waals surface area contributed by atoms with Gasteiger partial charge in [-0.3, -0.25) is 14.9 Å². The fraction of sp³-hybridized carbons (Fsp3) is 0.300. The molecule has 0 fully saturated rings. The molecule has 1 N–H and O–H groups in total. The van der Waals surface area contributed by atoms with Gasteiger partial charge in [0.25, 0.3) is 11.6 Å². The highest BCUT2D eigenvalue weighted by atomic mass is 16.6. The van der Waals surface area contributed by atoms with Gasteiger partial charge in [-0.05, 0) is 47.2 Å². The van der Waals surface area contributed by atoms with Crippen LogP contribution in [0.1, 0.15) is 35.3 Å². The van der Waals surface area contributed by atoms with Crippen molar-refractivity contribution >= 4 is 17.6 Å². The van der Waals surface area contributed by atoms with E-state index in [1.165, 1.54) is 17.0 Å². The molecule has 0 aliphatic carbocycles. The number of carboxylic acid groups (broad SMARTS) is 1. The van der Waals surface area contributed by atoms with Gasteiger partial charge in [0.2, 0.25) is 0 Å². The van der Waals surface area contributed by atoms with Crippen molar-refractivity contribution in [2.75, 3.05) is 0 Å². The van der Waals surface area contributed by atoms with E-state index in [1.807, 2.05) is 12.1 Å². The first kappa shape index (κ1) is 18.6. The zero-order valence-electron chi connectivity index (χ0n) is 15.3. The topological polar surface area (TPSA) is 101 Å². The van der Waals surface area contributed by atoms with E-state index in [1.54, 1.807) is 32.9 Å². The van der Waals surface area contributed by atoms with Gasteiger partial charge in [0.05, 0.1) is 4.92 Å². The molecule has 0 bridgehead atoms. The fourth-order valence-electron chi connectivity index (χ4n) is 3.58. The highest BCUT2D eigenvalue weighted by molar-refractivity contribution is 6.01. The average molecular weight is 368 g/mol. The summed E-state index contributed by atoms with van der Waals surface area (Å²) in [7, 11) is 0. The molecule has 1 aliphatic rings. The molecule has 1 atom stereocenters. The summed E-state index contributed by atoms with van der Waals surface area (Å²) in [5.74, 6) is -1.53. The fourth-order valence-corrected chi connectivity index (χ4v) is 3.58. The number of non-ortho nitro benzene ring substituents is 1. The van der Waals surface area contributed by atoms with E-state index in [0.29, 0.717) is 5.56 Å². The van der Waals surface area contributed by atoms with Gasteiger partial charge >= 0.3 is 5.97 Å². The molecule has 2 aromatic carbocycles. The zero-order valence-corrected chi connectivity index (χ0v) is 15.3. The van der Waals surface area contributed by atoms with Crippen molar-refractivity contribution in [1.29, 1.82) is 0 Å². The van der Waals surface area contributed by atoms with E-state index in [2.05, 4.69) is 0 Å². The highest BCUT2D eigenvalue weighted by Crippen LogP contribution is 2.33. The van der Waals surface area contributed by atoms with Gasteiger partial charge in [-0.1, -0.05) is 26.0 Å². The van der Waals surface area contributed by atoms with E-state index in [-0.39, 0.29) is 24.1 Å². The summed E-state index contributed by atoms with van der Waals surface area (Å²) in [6.45, 7) is 5.60. The van der Waals surface area contributed by atoms with Gasteiger partial charge in [0, 0.05) is 24.2 Å². The number of amides is 1. The van der Waals surface area contributed by atoms with Crippen molar-refractivity contribution in [3.8, 4) is 11.1 Å². The Bertz CT molecular complexity index is 951. The molecule has 0 saturated heterocycles. The maximum absolute atomic E-state index is 12.8. The minimum Gasteiger partial charge on any atom is -0.480 e. The molecular formula is C20H20N2O5. The number of rotatable bonds is 5. The van der Waals surface area contributed by atoms with Crippen molar-refractivity contribution in [3.05, 3.63) is 63.2 Å². The number of aliphatic carboxylic acids is 1. The third-order valence-corrected chi connectivity index (χ3v) is 4.89. The van der Waals surface area contributed by atoms with Crippen molar-refractivity contribution in [2.45, 2.75) is 33.4 Å². The van der Waals surface area contributed by atoms with Crippen molar-refractivity contribution < 1.29 is 19.6 Å². The molecule has 0 radical (unpaired) electrons. The van der Waals surface area contributed by atoms with Gasteiger partial charge in [-0.25, -0.2) is 4.79 Å². The van der Waals surface area contributed by atoms with E-state index < -0.39 is 16.9 Å². The Morgan fingerprint density at radius 3 is 2.44 bits per heavy atom. The van der Waals surface area contributed by atoms with Crippen molar-refractivity contribution in [2.24, 2.45) is 5.92 Å². The van der Waals surface area contributed by atoms with E-state index in [9.17, 15) is 24.8 Å². The lowest BCUT2D eigenvalue weighted by Gasteiger charge is -2.27. The highest BCUT2D eigenvalue weighted by Gasteiger charge is 2.38. The van der Waals surface area contributed by atoms with E-state index >= 15 is 0 Å². The molecule has 0 saturated carbocycles. The van der Waals surface area contributed by atoms with Crippen LogP contribution in [0.3, 0.4) is 0 Å². The second-order valence-electron chi connectivity index (χ2n) is 7.09. The Labute approximate surface area is 156 Å². The second kappa shape index (κ2) is 6.83. The third kappa shape index (κ3) is 3.28. The predicted octanol–water partition coefficient (Wildman–Crippen LogP) is 3.64. The Morgan fingerprint density at radius 1 is 1.19 bits per heavy atom. The van der Waals surface area contributed by atoms with Crippen LogP contribution < -0.4 is 0 Å². The SMILES string of the molecule is Cc1cc([N+](=O)[O-])ccc1-c1ccc2c(c1)C(=O)N(C(C(=O)O)C(C)C)C2. The summed E-state index contributed by atoms with van der Waals surface area (Å²) in [6.07, 6.45) is 0. The van der Waals surface area contributed by atoms with Gasteiger partial charge in [-0.15, -0.1) is 0 Å². The minimum atomic E-state index is -1.02. The molecule has 1 unspecified atom stereocenters. The maximum Gasteiger partial charge on any atom is 0.326 e. The quantitative estimate of drug-likeness (QED) is 0.641. The lowest BCUT2D eigenvalue weighted by Crippen LogP contribution is -2.44. The monoisotopic (exact) mass is 368 g/mol. The number of benzene rings is 2. The number of nitrogens with zero attached hydrogens (tertiary/aromatic N) is 2. The summed E-state index contributed by atoms with van der Waals surface area (Å²) in [4.78, 5) is 36.3. The molecule has 3 rings (SSSR count). The van der Waals surface area contributed by atoms with Gasteiger partial charge in [-0.2, -0.15) is 0 Å². The Balaban J connectivity index is 1.98. The van der Waals surface area contributed by atoms with Crippen LogP contribution in [0.5, 0.6) is 0 Å². The summed E-state index contributed by atoms with van der Waals surface area (Å²) in [5, 5.41) is 20.4. The number of fused-ring (bicyclic) bond motifs is 1. The molecule has 0 aromatic heterocycles. The zero-order chi connectivity index (χ0) is 19.9. The molecule has 1 amide bonds. The van der Waals surface area contributed by atoms with Crippen LogP contribution in [0.25, 0.3) is 11.1 Å². The van der Waals surface area contributed by atoms with Crippen LogP contribution in [0.15, 0.2) is 36.4 Å². The smallest absolute Gasteiger partial charge is 0.326 e.